The molecule has 1 heterocycles. The summed E-state index contributed by atoms with van der Waals surface area (Å²) in [4.78, 5) is 23.8. The summed E-state index contributed by atoms with van der Waals surface area (Å²) in [7, 11) is 3.41. The van der Waals surface area contributed by atoms with E-state index in [2.05, 4.69) is 17.6 Å². The van der Waals surface area contributed by atoms with E-state index in [0.717, 1.165) is 17.8 Å². The highest BCUT2D eigenvalue weighted by Crippen LogP contribution is 2.13. The summed E-state index contributed by atoms with van der Waals surface area (Å²) in [6, 6.07) is 0. The predicted molar refractivity (Wildman–Crippen MR) is 153 cm³/mol. The molecule has 0 aliphatic heterocycles. The van der Waals surface area contributed by atoms with Crippen LogP contribution in [0.4, 0.5) is 9.59 Å². The van der Waals surface area contributed by atoms with E-state index in [-0.39, 0.29) is 13.2 Å². The van der Waals surface area contributed by atoms with Gasteiger partial charge < -0.3 is 24.8 Å². The molecule has 38 heavy (non-hydrogen) atoms. The summed E-state index contributed by atoms with van der Waals surface area (Å²) in [6.45, 7) is 3.30. The van der Waals surface area contributed by atoms with Gasteiger partial charge in [0.1, 0.15) is 32.9 Å². The first-order chi connectivity index (χ1) is 18.6. The zero-order valence-electron chi connectivity index (χ0n) is 24.3. The van der Waals surface area contributed by atoms with Crippen LogP contribution in [0, 0.1) is 0 Å². The summed E-state index contributed by atoms with van der Waals surface area (Å²) in [5.74, 6) is 0. The third-order valence-corrected chi connectivity index (χ3v) is 7.66. The number of nitrogens with zero attached hydrogens (tertiary/aromatic N) is 1. The third kappa shape index (κ3) is 19.2. The molecule has 0 radical (unpaired) electrons. The molecule has 2 N–H and O–H groups in total. The van der Waals surface area contributed by atoms with Crippen molar-refractivity contribution in [2.24, 2.45) is 7.05 Å². The van der Waals surface area contributed by atoms with E-state index in [1.165, 1.54) is 97.0 Å². The predicted octanol–water partition coefficient (Wildman–Crippen LogP) is 6.80. The van der Waals surface area contributed by atoms with Crippen LogP contribution >= 0.6 is 11.3 Å². The number of carbonyl (C=O) groups excluding carboxylic acids is 2. The molecule has 1 rings (SSSR count). The molecule has 0 aliphatic carbocycles. The van der Waals surface area contributed by atoms with Crippen LogP contribution < -0.4 is 15.2 Å². The molecule has 0 saturated carbocycles. The molecule has 0 fully saturated rings. The summed E-state index contributed by atoms with van der Waals surface area (Å²) < 4.78 is 17.6. The van der Waals surface area contributed by atoms with Gasteiger partial charge in [0.15, 0.2) is 6.20 Å². The van der Waals surface area contributed by atoms with Crippen LogP contribution in [0.5, 0.6) is 0 Å². The van der Waals surface area contributed by atoms with E-state index in [4.69, 9.17) is 14.2 Å². The smallest absolute Gasteiger partial charge is 0.407 e. The second kappa shape index (κ2) is 24.2. The van der Waals surface area contributed by atoms with E-state index < -0.39 is 18.3 Å². The number of aryl methyl sites for hydroxylation is 1. The van der Waals surface area contributed by atoms with Crippen molar-refractivity contribution in [2.75, 3.05) is 26.9 Å². The number of aromatic nitrogens is 1. The van der Waals surface area contributed by atoms with Crippen LogP contribution in [-0.4, -0.2) is 45.2 Å². The van der Waals surface area contributed by atoms with E-state index in [0.29, 0.717) is 13.1 Å². The number of thiazole rings is 1. The molecule has 0 spiro atoms. The Morgan fingerprint density at radius 1 is 0.789 bits per heavy atom. The fraction of sp³-hybridized carbons (Fsp3) is 0.828. The minimum Gasteiger partial charge on any atom is -0.447 e. The molecule has 8 nitrogen and oxygen atoms in total. The number of hydrogen-bond acceptors (Lipinski definition) is 6. The number of alkyl carbamates (subject to hydrolysis) is 2. The zero-order valence-corrected chi connectivity index (χ0v) is 25.1. The summed E-state index contributed by atoms with van der Waals surface area (Å²) in [6.07, 6.45) is 21.6. The highest BCUT2D eigenvalue weighted by Gasteiger charge is 2.15. The zero-order chi connectivity index (χ0) is 27.7. The first-order valence-electron chi connectivity index (χ1n) is 14.8. The molecular weight excluding hydrogens is 502 g/mol. The normalized spacial score (nSPS) is 11.8. The fourth-order valence-corrected chi connectivity index (χ4v) is 4.95. The second-order valence-electron chi connectivity index (χ2n) is 10.0. The quantitative estimate of drug-likeness (QED) is 0.108. The Kier molecular flexibility index (Phi) is 21.7. The maximum Gasteiger partial charge on any atom is 0.407 e. The Morgan fingerprint density at radius 3 is 1.71 bits per heavy atom. The first-order valence-corrected chi connectivity index (χ1v) is 15.7. The van der Waals surface area contributed by atoms with Gasteiger partial charge in [0.25, 0.3) is 5.01 Å². The monoisotopic (exact) mass is 556 g/mol. The average Bonchev–Trinajstić information content (AvgIpc) is 3.33. The largest absolute Gasteiger partial charge is 0.447 e. The van der Waals surface area contributed by atoms with E-state index in [1.54, 1.807) is 11.3 Å². The minimum atomic E-state index is -0.534. The number of amides is 2. The van der Waals surface area contributed by atoms with Gasteiger partial charge in [-0.15, -0.1) is 0 Å². The number of methoxy groups -OCH3 is 1. The SMILES string of the molecule is CCCCCCCCCCCCCCCCCCNC(=O)OCC(COC(=O)NCc1scc[n+]1C)OC. The lowest BCUT2D eigenvalue weighted by Crippen LogP contribution is -2.36. The Morgan fingerprint density at radius 2 is 1.26 bits per heavy atom. The van der Waals surface area contributed by atoms with Gasteiger partial charge in [-0.25, -0.2) is 9.59 Å². The molecule has 0 aliphatic rings. The van der Waals surface area contributed by atoms with E-state index in [1.807, 2.05) is 23.2 Å². The van der Waals surface area contributed by atoms with Crippen LogP contribution in [-0.2, 0) is 27.8 Å². The fourth-order valence-electron chi connectivity index (χ4n) is 4.17. The molecule has 0 aromatic carbocycles. The standard InChI is InChI=1S/C29H53N3O5S/c1-4-5-6-7-8-9-10-11-12-13-14-15-16-17-18-19-20-30-28(33)36-24-26(35-3)25-37-29(34)31-23-27-32(2)21-22-38-27/h21-22,26H,4-20,23-25H2,1-3H3,(H-,30,31,33,34)/p+1. The number of nitrogens with one attached hydrogen (secondary N) is 2. The van der Waals surface area contributed by atoms with Gasteiger partial charge >= 0.3 is 12.2 Å². The van der Waals surface area contributed by atoms with Crippen LogP contribution in [0.15, 0.2) is 11.6 Å². The molecule has 0 bridgehead atoms. The lowest BCUT2D eigenvalue weighted by Gasteiger charge is -2.16. The van der Waals surface area contributed by atoms with Crippen molar-refractivity contribution in [1.29, 1.82) is 0 Å². The van der Waals surface area contributed by atoms with Crippen molar-refractivity contribution in [2.45, 2.75) is 122 Å². The third-order valence-electron chi connectivity index (χ3n) is 6.70. The topological polar surface area (TPSA) is 89.8 Å². The van der Waals surface area contributed by atoms with Gasteiger partial charge in [-0.1, -0.05) is 115 Å². The van der Waals surface area contributed by atoms with Crippen molar-refractivity contribution in [3.63, 3.8) is 0 Å². The van der Waals surface area contributed by atoms with Gasteiger partial charge in [0.05, 0.1) is 5.38 Å². The van der Waals surface area contributed by atoms with Crippen molar-refractivity contribution >= 4 is 23.5 Å². The Hall–Kier alpha value is -1.87. The van der Waals surface area contributed by atoms with Gasteiger partial charge in [-0.05, 0) is 6.42 Å². The highest BCUT2D eigenvalue weighted by atomic mass is 32.1. The van der Waals surface area contributed by atoms with Gasteiger partial charge in [0.2, 0.25) is 0 Å². The maximum absolute atomic E-state index is 11.9. The molecular formula is C29H54N3O5S+. The maximum atomic E-state index is 11.9. The molecule has 1 atom stereocenters. The Bertz CT molecular complexity index is 716. The first kappa shape index (κ1) is 34.2. The van der Waals surface area contributed by atoms with Crippen molar-refractivity contribution < 1.29 is 28.4 Å². The lowest BCUT2D eigenvalue weighted by molar-refractivity contribution is -0.674. The summed E-state index contributed by atoms with van der Waals surface area (Å²) in [5, 5.41) is 8.44. The van der Waals surface area contributed by atoms with Crippen LogP contribution in [0.25, 0.3) is 0 Å². The molecule has 2 amide bonds. The van der Waals surface area contributed by atoms with Gasteiger partial charge in [-0.3, -0.25) is 0 Å². The van der Waals surface area contributed by atoms with Crippen molar-refractivity contribution in [3.05, 3.63) is 16.6 Å². The molecule has 1 unspecified atom stereocenters. The van der Waals surface area contributed by atoms with Gasteiger partial charge in [0, 0.05) is 13.7 Å². The molecule has 9 heteroatoms. The van der Waals surface area contributed by atoms with Gasteiger partial charge in [-0.2, -0.15) is 4.57 Å². The van der Waals surface area contributed by atoms with Crippen LogP contribution in [0.1, 0.15) is 115 Å². The molecule has 1 aromatic rings. The summed E-state index contributed by atoms with van der Waals surface area (Å²) in [5.41, 5.74) is 0. The second-order valence-corrected chi connectivity index (χ2v) is 11.0. The highest BCUT2D eigenvalue weighted by molar-refractivity contribution is 7.09. The number of unbranched alkanes of at least 4 members (excludes halogenated alkanes) is 15. The average molecular weight is 557 g/mol. The minimum absolute atomic E-state index is 0.00526. The summed E-state index contributed by atoms with van der Waals surface area (Å²) >= 11 is 1.55. The number of hydrogen-bond donors (Lipinski definition) is 2. The number of carbonyl (C=O) groups is 2. The lowest BCUT2D eigenvalue weighted by atomic mass is 10.0. The number of ether oxygens (including phenoxy) is 3. The van der Waals surface area contributed by atoms with E-state index >= 15 is 0 Å². The molecule has 220 valence electrons. The van der Waals surface area contributed by atoms with Crippen LogP contribution in [0.2, 0.25) is 0 Å². The Labute approximate surface area is 235 Å². The Balaban J connectivity index is 1.88. The van der Waals surface area contributed by atoms with E-state index in [9.17, 15) is 9.59 Å². The van der Waals surface area contributed by atoms with Crippen LogP contribution in [0.3, 0.4) is 0 Å². The number of rotatable bonds is 24. The molecule has 0 saturated heterocycles. The molecule has 1 aromatic heterocycles. The van der Waals surface area contributed by atoms with Crippen molar-refractivity contribution in [3.8, 4) is 0 Å². The van der Waals surface area contributed by atoms with Crippen molar-refractivity contribution in [1.82, 2.24) is 10.6 Å².